The summed E-state index contributed by atoms with van der Waals surface area (Å²) in [5, 5.41) is -1.15. The first kappa shape index (κ1) is 19.5. The third kappa shape index (κ3) is 3.07. The monoisotopic (exact) mass is 420 g/mol. The van der Waals surface area contributed by atoms with Crippen LogP contribution in [0.25, 0.3) is 0 Å². The van der Waals surface area contributed by atoms with Crippen LogP contribution in [0.4, 0.5) is 11.4 Å². The van der Waals surface area contributed by atoms with Gasteiger partial charge in [-0.25, -0.2) is 0 Å². The molecule has 1 aliphatic carbocycles. The van der Waals surface area contributed by atoms with Crippen LogP contribution in [0.1, 0.15) is 47.8 Å². The predicted octanol–water partition coefficient (Wildman–Crippen LogP) is 2.93. The van der Waals surface area contributed by atoms with Crippen LogP contribution in [0.15, 0.2) is 60.7 Å². The van der Waals surface area contributed by atoms with Crippen LogP contribution in [0.5, 0.6) is 0 Å². The zero-order chi connectivity index (χ0) is 21.6. The summed E-state index contributed by atoms with van der Waals surface area (Å²) in [6, 6.07) is 14.9. The molecule has 0 aliphatic heterocycles. The summed E-state index contributed by atoms with van der Waals surface area (Å²) < 4.78 is 27.6. The number of rotatable bonds is 3. The first-order chi connectivity index (χ1) is 14.2. The van der Waals surface area contributed by atoms with Gasteiger partial charge in [0.15, 0.2) is 11.6 Å². The number of ketones is 2. The Balaban J connectivity index is 1.80. The van der Waals surface area contributed by atoms with Gasteiger partial charge in [0.2, 0.25) is 0 Å². The summed E-state index contributed by atoms with van der Waals surface area (Å²) in [6.45, 7) is 1.81. The molecule has 0 unspecified atom stereocenters. The van der Waals surface area contributed by atoms with Crippen molar-refractivity contribution in [3.63, 3.8) is 0 Å². The van der Waals surface area contributed by atoms with Crippen LogP contribution in [0.3, 0.4) is 0 Å². The molecule has 8 heteroatoms. The fourth-order valence-electron chi connectivity index (χ4n) is 3.37. The average molecular weight is 420 g/mol. The molecule has 150 valence electrons. The molecule has 0 radical (unpaired) electrons. The quantitative estimate of drug-likeness (QED) is 0.491. The van der Waals surface area contributed by atoms with Crippen LogP contribution in [0, 0.1) is 6.92 Å². The summed E-state index contributed by atoms with van der Waals surface area (Å²) in [6.07, 6.45) is 0. The summed E-state index contributed by atoms with van der Waals surface area (Å²) in [5.41, 5.74) is 6.74. The highest BCUT2D eigenvalue weighted by Gasteiger charge is 2.35. The second-order valence-electron chi connectivity index (χ2n) is 6.92. The fraction of sp³-hybridized carbons (Fsp3) is 0.0455. The van der Waals surface area contributed by atoms with E-state index < -0.39 is 26.7 Å². The minimum Gasteiger partial charge on any atom is -0.398 e. The van der Waals surface area contributed by atoms with Crippen molar-refractivity contribution in [3.8, 4) is 0 Å². The van der Waals surface area contributed by atoms with Crippen LogP contribution in [-0.2, 0) is 10.0 Å². The van der Waals surface area contributed by atoms with Crippen molar-refractivity contribution < 1.29 is 22.8 Å². The van der Waals surface area contributed by atoms with Crippen molar-refractivity contribution in [1.29, 1.82) is 0 Å². The first-order valence-electron chi connectivity index (χ1n) is 8.95. The van der Waals surface area contributed by atoms with Gasteiger partial charge >= 0.3 is 10.0 Å². The maximum absolute atomic E-state index is 13.1. The number of benzene rings is 3. The molecular weight excluding hydrogens is 404 g/mol. The zero-order valence-electron chi connectivity index (χ0n) is 15.8. The number of hydrogen-bond donors (Lipinski definition) is 2. The Morgan fingerprint density at radius 2 is 1.40 bits per heavy atom. The molecule has 7 nitrogen and oxygen atoms in total. The lowest BCUT2D eigenvalue weighted by Crippen LogP contribution is -2.28. The Hall–Kier alpha value is -3.78. The summed E-state index contributed by atoms with van der Waals surface area (Å²) in [7, 11) is -4.54. The van der Waals surface area contributed by atoms with Gasteiger partial charge in [-0.05, 0) is 31.2 Å². The number of sulfonamides is 1. The van der Waals surface area contributed by atoms with Crippen molar-refractivity contribution in [2.45, 2.75) is 6.92 Å². The molecule has 3 N–H and O–H groups in total. The molecule has 0 fully saturated rings. The largest absolute Gasteiger partial charge is 0.398 e. The summed E-state index contributed by atoms with van der Waals surface area (Å²) in [5.74, 6) is -1.03. The van der Waals surface area contributed by atoms with E-state index in [2.05, 4.69) is 4.72 Å². The van der Waals surface area contributed by atoms with Crippen molar-refractivity contribution in [2.75, 3.05) is 10.5 Å². The topological polar surface area (TPSA) is 123 Å². The van der Waals surface area contributed by atoms with Crippen LogP contribution in [-0.4, -0.2) is 25.1 Å². The molecular formula is C22H16N2O5S. The smallest absolute Gasteiger partial charge is 0.300 e. The Labute approximate surface area is 172 Å². The maximum Gasteiger partial charge on any atom is 0.300 e. The number of carbonyl (C=O) groups excluding carboxylic acids is 3. The molecule has 3 aromatic rings. The number of aryl methyl sites for hydroxylation is 1. The molecule has 0 heterocycles. The summed E-state index contributed by atoms with van der Waals surface area (Å²) in [4.78, 5) is 38.5. The second-order valence-corrected chi connectivity index (χ2v) is 8.50. The average Bonchev–Trinajstić information content (AvgIpc) is 2.73. The fourth-order valence-corrected chi connectivity index (χ4v) is 4.37. The molecule has 0 saturated heterocycles. The van der Waals surface area contributed by atoms with E-state index in [-0.39, 0.29) is 39.2 Å². The number of carbonyl (C=O) groups is 3. The van der Waals surface area contributed by atoms with E-state index in [1.807, 2.05) is 6.92 Å². The molecule has 0 aromatic heterocycles. The molecule has 3 aromatic carbocycles. The number of anilines is 2. The highest BCUT2D eigenvalue weighted by atomic mass is 32.2. The van der Waals surface area contributed by atoms with Crippen LogP contribution >= 0.6 is 0 Å². The van der Waals surface area contributed by atoms with Crippen LogP contribution < -0.4 is 10.5 Å². The lowest BCUT2D eigenvalue weighted by molar-refractivity contribution is 0.0980. The molecule has 0 atom stereocenters. The number of nitrogens with two attached hydrogens (primary N) is 1. The Bertz CT molecular complexity index is 1340. The third-order valence-corrected chi connectivity index (χ3v) is 6.10. The summed E-state index contributed by atoms with van der Waals surface area (Å²) >= 11 is 0. The highest BCUT2D eigenvalue weighted by molar-refractivity contribution is 8.07. The maximum atomic E-state index is 13.1. The molecule has 1 aliphatic rings. The lowest BCUT2D eigenvalue weighted by Gasteiger charge is -2.22. The molecule has 0 saturated carbocycles. The van der Waals surface area contributed by atoms with E-state index in [1.54, 1.807) is 24.3 Å². The van der Waals surface area contributed by atoms with Gasteiger partial charge in [-0.15, -0.1) is 0 Å². The van der Waals surface area contributed by atoms with Gasteiger partial charge in [0, 0.05) is 22.4 Å². The van der Waals surface area contributed by atoms with E-state index >= 15 is 0 Å². The highest BCUT2D eigenvalue weighted by Crippen LogP contribution is 2.35. The normalized spacial score (nSPS) is 12.8. The molecule has 30 heavy (non-hydrogen) atoms. The van der Waals surface area contributed by atoms with Crippen molar-refractivity contribution in [2.24, 2.45) is 0 Å². The van der Waals surface area contributed by atoms with Gasteiger partial charge in [-0.3, -0.25) is 19.1 Å². The molecule has 4 rings (SSSR count). The van der Waals surface area contributed by atoms with Crippen molar-refractivity contribution in [3.05, 3.63) is 94.0 Å². The number of fused-ring (bicyclic) bond motifs is 2. The van der Waals surface area contributed by atoms with Gasteiger partial charge in [0.25, 0.3) is 5.12 Å². The van der Waals surface area contributed by atoms with E-state index in [0.717, 1.165) is 5.56 Å². The lowest BCUT2D eigenvalue weighted by atomic mass is 9.82. The minimum absolute atomic E-state index is 0.0230. The standard InChI is InChI=1S/C22H16N2O5S/c1-12-6-8-13(9-7-12)22(27)30(28,29)24-17-11-10-16(23)18-19(17)21(26)15-5-3-2-4-14(15)20(18)25/h2-11,24H,23H2,1H3. The molecule has 0 spiro atoms. The Morgan fingerprint density at radius 1 is 0.833 bits per heavy atom. The van der Waals surface area contributed by atoms with E-state index in [4.69, 9.17) is 5.73 Å². The minimum atomic E-state index is -4.54. The Morgan fingerprint density at radius 3 is 2.00 bits per heavy atom. The molecule has 0 bridgehead atoms. The van der Waals surface area contributed by atoms with Gasteiger partial charge in [-0.2, -0.15) is 8.42 Å². The van der Waals surface area contributed by atoms with Crippen LogP contribution in [0.2, 0.25) is 0 Å². The van der Waals surface area contributed by atoms with E-state index in [9.17, 15) is 22.8 Å². The van der Waals surface area contributed by atoms with Gasteiger partial charge < -0.3 is 5.73 Å². The van der Waals surface area contributed by atoms with Crippen molar-refractivity contribution in [1.82, 2.24) is 0 Å². The predicted molar refractivity (Wildman–Crippen MR) is 112 cm³/mol. The van der Waals surface area contributed by atoms with Gasteiger partial charge in [-0.1, -0.05) is 42.0 Å². The van der Waals surface area contributed by atoms with Crippen molar-refractivity contribution >= 4 is 38.1 Å². The Kier molecular flexibility index (Phi) is 4.51. The number of hydrogen-bond acceptors (Lipinski definition) is 6. The second kappa shape index (κ2) is 6.93. The van der Waals surface area contributed by atoms with Gasteiger partial charge in [0.1, 0.15) is 0 Å². The molecule has 0 amide bonds. The third-order valence-electron chi connectivity index (χ3n) is 4.88. The van der Waals surface area contributed by atoms with E-state index in [0.29, 0.717) is 0 Å². The number of nitrogens with one attached hydrogen (secondary N) is 1. The first-order valence-corrected chi connectivity index (χ1v) is 10.4. The van der Waals surface area contributed by atoms with Gasteiger partial charge in [0.05, 0.1) is 16.8 Å². The number of nitrogen functional groups attached to an aromatic ring is 1. The zero-order valence-corrected chi connectivity index (χ0v) is 16.6. The SMILES string of the molecule is Cc1ccc(C(=O)S(=O)(=O)Nc2ccc(N)c3c2C(=O)c2ccccc2C3=O)cc1. The van der Waals surface area contributed by atoms with E-state index in [1.165, 1.54) is 36.4 Å².